The van der Waals surface area contributed by atoms with Gasteiger partial charge in [-0.2, -0.15) is 4.99 Å². The van der Waals surface area contributed by atoms with Crippen LogP contribution in [0.5, 0.6) is 5.75 Å². The van der Waals surface area contributed by atoms with Crippen LogP contribution in [0.2, 0.25) is 0 Å². The first-order valence-electron chi connectivity index (χ1n) is 6.13. The number of ether oxygens (including phenoxy) is 1. The second-order valence-electron chi connectivity index (χ2n) is 4.60. The minimum Gasteiger partial charge on any atom is -0.495 e. The predicted molar refractivity (Wildman–Crippen MR) is 73.7 cm³/mol. The van der Waals surface area contributed by atoms with Gasteiger partial charge in [0.1, 0.15) is 11.3 Å². The third kappa shape index (κ3) is 2.11. The Bertz CT molecular complexity index is 503. The third-order valence-corrected chi connectivity index (χ3v) is 4.25. The molecule has 1 aliphatic rings. The molecule has 96 valence electrons. The first-order chi connectivity index (χ1) is 8.66. The van der Waals surface area contributed by atoms with Gasteiger partial charge >= 0.3 is 0 Å². The Morgan fingerprint density at radius 3 is 2.67 bits per heavy atom. The lowest BCUT2D eigenvalue weighted by molar-refractivity contribution is 0.245. The predicted octanol–water partition coefficient (Wildman–Crippen LogP) is 3.74. The minimum absolute atomic E-state index is 0.416. The van der Waals surface area contributed by atoms with Gasteiger partial charge < -0.3 is 4.74 Å². The molecule has 0 aromatic heterocycles. The van der Waals surface area contributed by atoms with Crippen molar-refractivity contribution < 1.29 is 9.53 Å². The molecular weight excluding hydrogens is 294 g/mol. The molecule has 1 aromatic carbocycles. The van der Waals surface area contributed by atoms with E-state index in [4.69, 9.17) is 4.74 Å². The van der Waals surface area contributed by atoms with Gasteiger partial charge in [0.05, 0.1) is 11.6 Å². The van der Waals surface area contributed by atoms with E-state index < -0.39 is 5.54 Å². The van der Waals surface area contributed by atoms with E-state index in [1.807, 2.05) is 0 Å². The number of isocyanates is 1. The van der Waals surface area contributed by atoms with Crippen molar-refractivity contribution >= 4 is 22.0 Å². The van der Waals surface area contributed by atoms with Crippen LogP contribution in [0.15, 0.2) is 21.6 Å². The second kappa shape index (κ2) is 5.25. The highest BCUT2D eigenvalue weighted by Crippen LogP contribution is 2.50. The highest BCUT2D eigenvalue weighted by atomic mass is 79.9. The third-order valence-electron chi connectivity index (χ3n) is 3.66. The largest absolute Gasteiger partial charge is 0.495 e. The van der Waals surface area contributed by atoms with Gasteiger partial charge in [-0.05, 0) is 59.3 Å². The van der Waals surface area contributed by atoms with Crippen molar-refractivity contribution in [2.45, 2.75) is 38.1 Å². The molecule has 0 unspecified atom stereocenters. The molecule has 0 aliphatic heterocycles. The summed E-state index contributed by atoms with van der Waals surface area (Å²) in [6.07, 6.45) is 5.52. The van der Waals surface area contributed by atoms with Crippen LogP contribution >= 0.6 is 15.9 Å². The van der Waals surface area contributed by atoms with Gasteiger partial charge in [-0.15, -0.1) is 0 Å². The molecule has 0 heterocycles. The standard InChI is InChI=1S/C14H16BrNO2/c1-3-10-7-11(13(18-2)12(15)8-10)14(16-9-17)5-4-6-14/h7-8H,3-6H2,1-2H3. The molecule has 0 radical (unpaired) electrons. The van der Waals surface area contributed by atoms with Crippen molar-refractivity contribution in [1.82, 2.24) is 0 Å². The Morgan fingerprint density at radius 2 is 2.22 bits per heavy atom. The van der Waals surface area contributed by atoms with E-state index in [1.54, 1.807) is 13.2 Å². The fourth-order valence-corrected chi connectivity index (χ4v) is 3.12. The van der Waals surface area contributed by atoms with Crippen molar-refractivity contribution in [3.05, 3.63) is 27.7 Å². The van der Waals surface area contributed by atoms with Crippen LogP contribution in [-0.2, 0) is 16.8 Å². The molecule has 1 fully saturated rings. The molecule has 0 spiro atoms. The van der Waals surface area contributed by atoms with E-state index in [9.17, 15) is 4.79 Å². The van der Waals surface area contributed by atoms with Crippen molar-refractivity contribution in [3.8, 4) is 5.75 Å². The molecule has 4 heteroatoms. The van der Waals surface area contributed by atoms with Gasteiger partial charge in [0.25, 0.3) is 0 Å². The van der Waals surface area contributed by atoms with Gasteiger partial charge in [-0.25, -0.2) is 4.79 Å². The summed E-state index contributed by atoms with van der Waals surface area (Å²) in [4.78, 5) is 14.7. The summed E-state index contributed by atoms with van der Waals surface area (Å²) in [5, 5.41) is 0. The molecular formula is C14H16BrNO2. The molecule has 3 nitrogen and oxygen atoms in total. The highest BCUT2D eigenvalue weighted by molar-refractivity contribution is 9.10. The quantitative estimate of drug-likeness (QED) is 0.628. The molecule has 0 saturated heterocycles. The molecule has 18 heavy (non-hydrogen) atoms. The average molecular weight is 310 g/mol. The van der Waals surface area contributed by atoms with Crippen LogP contribution in [0.25, 0.3) is 0 Å². The molecule has 0 atom stereocenters. The van der Waals surface area contributed by atoms with Crippen LogP contribution in [-0.4, -0.2) is 13.2 Å². The zero-order chi connectivity index (χ0) is 13.2. The Morgan fingerprint density at radius 1 is 1.50 bits per heavy atom. The van der Waals surface area contributed by atoms with Crippen LogP contribution in [0, 0.1) is 0 Å². The lowest BCUT2D eigenvalue weighted by atomic mass is 9.71. The van der Waals surface area contributed by atoms with Gasteiger partial charge in [0, 0.05) is 5.56 Å². The number of methoxy groups -OCH3 is 1. The van der Waals surface area contributed by atoms with E-state index in [-0.39, 0.29) is 0 Å². The molecule has 1 aromatic rings. The summed E-state index contributed by atoms with van der Waals surface area (Å²) in [6, 6.07) is 4.16. The Labute approximate surface area is 115 Å². The fourth-order valence-electron chi connectivity index (χ4n) is 2.45. The number of hydrogen-bond acceptors (Lipinski definition) is 3. The lowest BCUT2D eigenvalue weighted by Gasteiger charge is -2.38. The Balaban J connectivity index is 2.60. The van der Waals surface area contributed by atoms with Crippen LogP contribution in [0.1, 0.15) is 37.3 Å². The normalized spacial score (nSPS) is 16.6. The maximum absolute atomic E-state index is 10.7. The van der Waals surface area contributed by atoms with Crippen LogP contribution in [0.3, 0.4) is 0 Å². The number of aryl methyl sites for hydroxylation is 1. The Hall–Kier alpha value is -1.12. The molecule has 2 rings (SSSR count). The fraction of sp³-hybridized carbons (Fsp3) is 0.500. The van der Waals surface area contributed by atoms with Crippen molar-refractivity contribution in [2.75, 3.05) is 7.11 Å². The maximum atomic E-state index is 10.7. The second-order valence-corrected chi connectivity index (χ2v) is 5.45. The first kappa shape index (κ1) is 13.3. The zero-order valence-electron chi connectivity index (χ0n) is 10.6. The summed E-state index contributed by atoms with van der Waals surface area (Å²) in [6.45, 7) is 2.11. The summed E-state index contributed by atoms with van der Waals surface area (Å²) in [5.41, 5.74) is 1.80. The van der Waals surface area contributed by atoms with Crippen LogP contribution < -0.4 is 4.74 Å². The lowest BCUT2D eigenvalue weighted by Crippen LogP contribution is -2.32. The van der Waals surface area contributed by atoms with E-state index in [0.29, 0.717) is 0 Å². The van der Waals surface area contributed by atoms with Gasteiger partial charge in [-0.3, -0.25) is 0 Å². The number of halogens is 1. The molecule has 1 saturated carbocycles. The average Bonchev–Trinajstić information content (AvgIpc) is 2.32. The SMILES string of the molecule is CCc1cc(Br)c(OC)c(C2(N=C=O)CCC2)c1. The topological polar surface area (TPSA) is 38.7 Å². The van der Waals surface area contributed by atoms with Gasteiger partial charge in [-0.1, -0.05) is 6.92 Å². The smallest absolute Gasteiger partial charge is 0.235 e. The molecule has 0 bridgehead atoms. The number of benzene rings is 1. The molecule has 0 N–H and O–H groups in total. The number of hydrogen-bond donors (Lipinski definition) is 0. The van der Waals surface area contributed by atoms with Crippen molar-refractivity contribution in [2.24, 2.45) is 4.99 Å². The van der Waals surface area contributed by atoms with Gasteiger partial charge in [0.15, 0.2) is 0 Å². The number of rotatable bonds is 4. The minimum atomic E-state index is -0.416. The number of nitrogens with zero attached hydrogens (tertiary/aromatic N) is 1. The Kier molecular flexibility index (Phi) is 3.88. The van der Waals surface area contributed by atoms with E-state index >= 15 is 0 Å². The van der Waals surface area contributed by atoms with Crippen LogP contribution in [0.4, 0.5) is 0 Å². The first-order valence-corrected chi connectivity index (χ1v) is 6.92. The van der Waals surface area contributed by atoms with Crippen molar-refractivity contribution in [1.29, 1.82) is 0 Å². The summed E-state index contributed by atoms with van der Waals surface area (Å²) in [5.74, 6) is 0.783. The van der Waals surface area contributed by atoms with Gasteiger partial charge in [0.2, 0.25) is 6.08 Å². The summed E-state index contributed by atoms with van der Waals surface area (Å²) in [7, 11) is 1.65. The maximum Gasteiger partial charge on any atom is 0.235 e. The van der Waals surface area contributed by atoms with Crippen molar-refractivity contribution in [3.63, 3.8) is 0 Å². The highest BCUT2D eigenvalue weighted by Gasteiger charge is 2.41. The molecule has 1 aliphatic carbocycles. The molecule has 0 amide bonds. The van der Waals surface area contributed by atoms with E-state index in [2.05, 4.69) is 40.0 Å². The van der Waals surface area contributed by atoms with E-state index in [1.165, 1.54) is 5.56 Å². The summed E-state index contributed by atoms with van der Waals surface area (Å²) >= 11 is 3.53. The number of aliphatic imine (C=N–C) groups is 1. The summed E-state index contributed by atoms with van der Waals surface area (Å²) < 4.78 is 6.39. The van der Waals surface area contributed by atoms with E-state index in [0.717, 1.165) is 41.5 Å². The zero-order valence-corrected chi connectivity index (χ0v) is 12.2. The monoisotopic (exact) mass is 309 g/mol. The number of carbonyl (C=O) groups excluding carboxylic acids is 1.